The summed E-state index contributed by atoms with van der Waals surface area (Å²) in [6.07, 6.45) is 3.37. The number of carbonyl (C=O) groups is 1. The van der Waals surface area contributed by atoms with Gasteiger partial charge in [-0.15, -0.1) is 0 Å². The highest BCUT2D eigenvalue weighted by molar-refractivity contribution is 6.32. The first-order chi connectivity index (χ1) is 10.6. The molecule has 5 nitrogen and oxygen atoms in total. The Morgan fingerprint density at radius 3 is 2.50 bits per heavy atom. The molecule has 0 aliphatic rings. The highest BCUT2D eigenvalue weighted by atomic mass is 35.5. The first kappa shape index (κ1) is 16.1. The standard InChI is InChI=1S/C16H17ClN2O3/c1-10(11-4-6-18-7-5-11)19-16(20)12-8-13(17)15(22-3)14(9-12)21-2/h4-10H,1-3H3,(H,19,20). The maximum absolute atomic E-state index is 12.4. The van der Waals surface area contributed by atoms with E-state index in [0.717, 1.165) is 5.56 Å². The molecule has 0 bridgehead atoms. The fraction of sp³-hybridized carbons (Fsp3) is 0.250. The molecule has 0 aliphatic heterocycles. The average molecular weight is 321 g/mol. The summed E-state index contributed by atoms with van der Waals surface area (Å²) in [6, 6.07) is 6.71. The van der Waals surface area contributed by atoms with Crippen molar-refractivity contribution in [1.82, 2.24) is 10.3 Å². The lowest BCUT2D eigenvalue weighted by molar-refractivity contribution is 0.0939. The van der Waals surface area contributed by atoms with Gasteiger partial charge >= 0.3 is 0 Å². The van der Waals surface area contributed by atoms with E-state index in [1.165, 1.54) is 14.2 Å². The van der Waals surface area contributed by atoms with Gasteiger partial charge < -0.3 is 14.8 Å². The molecule has 1 aromatic heterocycles. The van der Waals surface area contributed by atoms with Crippen molar-refractivity contribution >= 4 is 17.5 Å². The van der Waals surface area contributed by atoms with Gasteiger partial charge in [-0.3, -0.25) is 9.78 Å². The summed E-state index contributed by atoms with van der Waals surface area (Å²) in [7, 11) is 2.99. The first-order valence-electron chi connectivity index (χ1n) is 6.69. The zero-order valence-electron chi connectivity index (χ0n) is 12.6. The van der Waals surface area contributed by atoms with E-state index in [4.69, 9.17) is 21.1 Å². The Labute approximate surface area is 134 Å². The highest BCUT2D eigenvalue weighted by Crippen LogP contribution is 2.36. The Morgan fingerprint density at radius 1 is 1.23 bits per heavy atom. The molecule has 0 fully saturated rings. The maximum Gasteiger partial charge on any atom is 0.251 e. The summed E-state index contributed by atoms with van der Waals surface area (Å²) in [5.74, 6) is 0.576. The number of hydrogen-bond acceptors (Lipinski definition) is 4. The SMILES string of the molecule is COc1cc(C(=O)NC(C)c2ccncc2)cc(Cl)c1OC. The lowest BCUT2D eigenvalue weighted by atomic mass is 10.1. The molecule has 0 radical (unpaired) electrons. The van der Waals surface area contributed by atoms with Crippen molar-refractivity contribution in [3.05, 3.63) is 52.8 Å². The van der Waals surface area contributed by atoms with Gasteiger partial charge in [0.1, 0.15) is 0 Å². The minimum absolute atomic E-state index is 0.151. The van der Waals surface area contributed by atoms with Crippen LogP contribution in [-0.2, 0) is 0 Å². The van der Waals surface area contributed by atoms with Crippen molar-refractivity contribution in [2.75, 3.05) is 14.2 Å². The minimum atomic E-state index is -0.243. The van der Waals surface area contributed by atoms with Crippen LogP contribution in [0.15, 0.2) is 36.7 Å². The second-order valence-electron chi connectivity index (χ2n) is 4.67. The molecule has 0 saturated carbocycles. The number of nitrogens with zero attached hydrogens (tertiary/aromatic N) is 1. The number of nitrogens with one attached hydrogen (secondary N) is 1. The quantitative estimate of drug-likeness (QED) is 0.918. The third kappa shape index (κ3) is 3.49. The van der Waals surface area contributed by atoms with Crippen molar-refractivity contribution < 1.29 is 14.3 Å². The molecule has 1 heterocycles. The second kappa shape index (κ2) is 7.13. The Kier molecular flexibility index (Phi) is 5.22. The summed E-state index contributed by atoms with van der Waals surface area (Å²) in [5.41, 5.74) is 1.37. The fourth-order valence-electron chi connectivity index (χ4n) is 2.06. The van der Waals surface area contributed by atoms with E-state index in [-0.39, 0.29) is 11.9 Å². The van der Waals surface area contributed by atoms with Crippen LogP contribution in [0.4, 0.5) is 0 Å². The molecule has 1 aromatic carbocycles. The van der Waals surface area contributed by atoms with Crippen LogP contribution in [0.5, 0.6) is 11.5 Å². The zero-order valence-corrected chi connectivity index (χ0v) is 13.3. The predicted octanol–water partition coefficient (Wildman–Crippen LogP) is 3.24. The Balaban J connectivity index is 2.21. The Morgan fingerprint density at radius 2 is 1.91 bits per heavy atom. The number of pyridine rings is 1. The Hall–Kier alpha value is -2.27. The molecule has 1 unspecified atom stereocenters. The number of aromatic nitrogens is 1. The molecule has 1 N–H and O–H groups in total. The van der Waals surface area contributed by atoms with Crippen LogP contribution in [0.2, 0.25) is 5.02 Å². The van der Waals surface area contributed by atoms with Crippen molar-refractivity contribution in [1.29, 1.82) is 0 Å². The average Bonchev–Trinajstić information content (AvgIpc) is 2.54. The van der Waals surface area contributed by atoms with Crippen molar-refractivity contribution in [2.45, 2.75) is 13.0 Å². The smallest absolute Gasteiger partial charge is 0.251 e. The topological polar surface area (TPSA) is 60.5 Å². The number of carbonyl (C=O) groups excluding carboxylic acids is 1. The van der Waals surface area contributed by atoms with E-state index in [1.54, 1.807) is 24.5 Å². The van der Waals surface area contributed by atoms with Gasteiger partial charge in [-0.25, -0.2) is 0 Å². The van der Waals surface area contributed by atoms with Gasteiger partial charge in [0.15, 0.2) is 11.5 Å². The molecule has 6 heteroatoms. The maximum atomic E-state index is 12.4. The number of rotatable bonds is 5. The van der Waals surface area contributed by atoms with Gasteiger partial charge in [0, 0.05) is 18.0 Å². The molecule has 116 valence electrons. The molecule has 0 saturated heterocycles. The molecular weight excluding hydrogens is 304 g/mol. The number of hydrogen-bond donors (Lipinski definition) is 1. The van der Waals surface area contributed by atoms with Gasteiger partial charge in [0.2, 0.25) is 0 Å². The van der Waals surface area contributed by atoms with Crippen molar-refractivity contribution in [3.63, 3.8) is 0 Å². The summed E-state index contributed by atoms with van der Waals surface area (Å²) < 4.78 is 10.4. The second-order valence-corrected chi connectivity index (χ2v) is 5.08. The first-order valence-corrected chi connectivity index (χ1v) is 7.07. The van der Waals surface area contributed by atoms with E-state index >= 15 is 0 Å². The predicted molar refractivity (Wildman–Crippen MR) is 84.7 cm³/mol. The summed E-state index contributed by atoms with van der Waals surface area (Å²) in [5, 5.41) is 3.23. The van der Waals surface area contributed by atoms with Crippen LogP contribution in [-0.4, -0.2) is 25.1 Å². The van der Waals surface area contributed by atoms with Crippen LogP contribution >= 0.6 is 11.6 Å². The van der Waals surface area contributed by atoms with Gasteiger partial charge in [-0.1, -0.05) is 11.6 Å². The van der Waals surface area contributed by atoms with Crippen LogP contribution < -0.4 is 14.8 Å². The zero-order chi connectivity index (χ0) is 16.1. The number of amides is 1. The molecule has 2 rings (SSSR count). The van der Waals surface area contributed by atoms with Crippen molar-refractivity contribution in [2.24, 2.45) is 0 Å². The Bertz CT molecular complexity index is 662. The largest absolute Gasteiger partial charge is 0.493 e. The van der Waals surface area contributed by atoms with Crippen LogP contribution in [0.25, 0.3) is 0 Å². The van der Waals surface area contributed by atoms with E-state index in [0.29, 0.717) is 22.1 Å². The lowest BCUT2D eigenvalue weighted by Crippen LogP contribution is -2.26. The van der Waals surface area contributed by atoms with Gasteiger partial charge in [0.05, 0.1) is 25.3 Å². The monoisotopic (exact) mass is 320 g/mol. The highest BCUT2D eigenvalue weighted by Gasteiger charge is 2.17. The molecule has 1 atom stereocenters. The molecule has 22 heavy (non-hydrogen) atoms. The number of benzene rings is 1. The normalized spacial score (nSPS) is 11.6. The van der Waals surface area contributed by atoms with Crippen LogP contribution in [0, 0.1) is 0 Å². The minimum Gasteiger partial charge on any atom is -0.493 e. The molecule has 0 aliphatic carbocycles. The molecule has 2 aromatic rings. The summed E-state index contributed by atoms with van der Waals surface area (Å²) in [6.45, 7) is 1.90. The van der Waals surface area contributed by atoms with E-state index in [2.05, 4.69) is 10.3 Å². The van der Waals surface area contributed by atoms with Gasteiger partial charge in [-0.2, -0.15) is 0 Å². The third-order valence-electron chi connectivity index (χ3n) is 3.25. The van der Waals surface area contributed by atoms with Gasteiger partial charge in [0.25, 0.3) is 5.91 Å². The molecule has 1 amide bonds. The van der Waals surface area contributed by atoms with Crippen LogP contribution in [0.3, 0.4) is 0 Å². The lowest BCUT2D eigenvalue weighted by Gasteiger charge is -2.16. The van der Waals surface area contributed by atoms with E-state index in [9.17, 15) is 4.79 Å². The fourth-order valence-corrected chi connectivity index (χ4v) is 2.35. The number of methoxy groups -OCH3 is 2. The van der Waals surface area contributed by atoms with E-state index in [1.807, 2.05) is 19.1 Å². The van der Waals surface area contributed by atoms with Gasteiger partial charge in [-0.05, 0) is 36.8 Å². The molecule has 0 spiro atoms. The van der Waals surface area contributed by atoms with Crippen molar-refractivity contribution in [3.8, 4) is 11.5 Å². The molecular formula is C16H17ClN2O3. The van der Waals surface area contributed by atoms with E-state index < -0.39 is 0 Å². The summed E-state index contributed by atoms with van der Waals surface area (Å²) >= 11 is 6.12. The third-order valence-corrected chi connectivity index (χ3v) is 3.53. The summed E-state index contributed by atoms with van der Waals surface area (Å²) in [4.78, 5) is 16.3. The number of halogens is 1. The van der Waals surface area contributed by atoms with Crippen LogP contribution in [0.1, 0.15) is 28.9 Å². The number of ether oxygens (including phenoxy) is 2.